The summed E-state index contributed by atoms with van der Waals surface area (Å²) < 4.78 is 10.7. The largest absolute Gasteiger partial charge is 0.497 e. The summed E-state index contributed by atoms with van der Waals surface area (Å²) in [5.74, 6) is 0.836. The molecule has 2 rings (SSSR count). The molecule has 0 spiro atoms. The number of likely N-dealkylation sites (N-methyl/N-ethyl adjacent to an activating group) is 1. The van der Waals surface area contributed by atoms with Gasteiger partial charge < -0.3 is 19.5 Å². The maximum atomic E-state index is 10.2. The number of nitrogens with zero attached hydrogens (tertiary/aromatic N) is 1. The van der Waals surface area contributed by atoms with Crippen LogP contribution in [0.1, 0.15) is 11.7 Å². The Balaban J connectivity index is 2.01. The molecule has 0 aromatic heterocycles. The van der Waals surface area contributed by atoms with Gasteiger partial charge in [-0.05, 0) is 48.6 Å². The van der Waals surface area contributed by atoms with Crippen molar-refractivity contribution >= 4 is 10.8 Å². The first kappa shape index (κ1) is 15.8. The summed E-state index contributed by atoms with van der Waals surface area (Å²) in [5.41, 5.74) is 0.873. The van der Waals surface area contributed by atoms with E-state index in [1.807, 2.05) is 50.5 Å². The minimum Gasteiger partial charge on any atom is -0.497 e. The van der Waals surface area contributed by atoms with Gasteiger partial charge in [-0.25, -0.2) is 0 Å². The average molecular weight is 289 g/mol. The van der Waals surface area contributed by atoms with Gasteiger partial charge >= 0.3 is 0 Å². The number of fused-ring (bicyclic) bond motifs is 1. The van der Waals surface area contributed by atoms with Crippen molar-refractivity contribution in [1.82, 2.24) is 4.90 Å². The van der Waals surface area contributed by atoms with E-state index in [1.54, 1.807) is 7.11 Å². The van der Waals surface area contributed by atoms with E-state index in [9.17, 15) is 5.11 Å². The molecule has 0 aliphatic heterocycles. The molecule has 4 heteroatoms. The number of aliphatic hydroxyl groups is 1. The molecular formula is C17H23NO3. The Bertz CT molecular complexity index is 583. The zero-order valence-electron chi connectivity index (χ0n) is 12.9. The maximum absolute atomic E-state index is 10.2. The van der Waals surface area contributed by atoms with Crippen LogP contribution in [0.2, 0.25) is 0 Å². The van der Waals surface area contributed by atoms with Crippen LogP contribution in [0.3, 0.4) is 0 Å². The lowest BCUT2D eigenvalue weighted by Crippen LogP contribution is -2.19. The first-order valence-electron chi connectivity index (χ1n) is 7.08. The number of hydrogen-bond donors (Lipinski definition) is 1. The van der Waals surface area contributed by atoms with Crippen LogP contribution in [0, 0.1) is 0 Å². The van der Waals surface area contributed by atoms with E-state index >= 15 is 0 Å². The lowest BCUT2D eigenvalue weighted by atomic mass is 10.0. The monoisotopic (exact) mass is 289 g/mol. The standard InChI is InChI=1S/C17H23NO3/c1-18(2)8-9-21-12-17(19)15-5-4-14-11-16(20-3)7-6-13(14)10-15/h4-7,10-11,17,19H,8-9,12H2,1-3H3. The average Bonchev–Trinajstić information content (AvgIpc) is 2.50. The molecule has 2 aromatic rings. The van der Waals surface area contributed by atoms with Crippen molar-refractivity contribution < 1.29 is 14.6 Å². The van der Waals surface area contributed by atoms with Crippen LogP contribution in [0.4, 0.5) is 0 Å². The normalized spacial score (nSPS) is 12.8. The number of methoxy groups -OCH3 is 1. The van der Waals surface area contributed by atoms with Gasteiger partial charge in [0.1, 0.15) is 11.9 Å². The van der Waals surface area contributed by atoms with Gasteiger partial charge in [0.05, 0.1) is 20.3 Å². The smallest absolute Gasteiger partial charge is 0.119 e. The summed E-state index contributed by atoms with van der Waals surface area (Å²) in [6, 6.07) is 11.8. The lowest BCUT2D eigenvalue weighted by Gasteiger charge is -2.14. The Hall–Kier alpha value is -1.62. The van der Waals surface area contributed by atoms with Gasteiger partial charge in [0.2, 0.25) is 0 Å². The molecule has 0 heterocycles. The molecule has 0 saturated heterocycles. The van der Waals surface area contributed by atoms with Gasteiger partial charge in [-0.1, -0.05) is 18.2 Å². The molecular weight excluding hydrogens is 266 g/mol. The Labute approximate surface area is 125 Å². The fraction of sp³-hybridized carbons (Fsp3) is 0.412. The molecule has 21 heavy (non-hydrogen) atoms. The fourth-order valence-electron chi connectivity index (χ4n) is 2.11. The Morgan fingerprint density at radius 1 is 1.10 bits per heavy atom. The van der Waals surface area contributed by atoms with Gasteiger partial charge in [-0.3, -0.25) is 0 Å². The predicted molar refractivity (Wildman–Crippen MR) is 84.8 cm³/mol. The molecule has 4 nitrogen and oxygen atoms in total. The third-order valence-electron chi connectivity index (χ3n) is 3.41. The van der Waals surface area contributed by atoms with E-state index in [0.29, 0.717) is 13.2 Å². The Morgan fingerprint density at radius 3 is 2.52 bits per heavy atom. The first-order valence-corrected chi connectivity index (χ1v) is 7.08. The van der Waals surface area contributed by atoms with E-state index in [4.69, 9.17) is 9.47 Å². The van der Waals surface area contributed by atoms with E-state index in [0.717, 1.165) is 28.6 Å². The number of rotatable bonds is 7. The molecule has 0 bridgehead atoms. The molecule has 114 valence electrons. The second kappa shape index (κ2) is 7.41. The van der Waals surface area contributed by atoms with E-state index < -0.39 is 6.10 Å². The molecule has 0 aliphatic rings. The minimum absolute atomic E-state index is 0.315. The zero-order valence-corrected chi connectivity index (χ0v) is 12.9. The fourth-order valence-corrected chi connectivity index (χ4v) is 2.11. The van der Waals surface area contributed by atoms with Crippen LogP contribution in [0.5, 0.6) is 5.75 Å². The highest BCUT2D eigenvalue weighted by atomic mass is 16.5. The third-order valence-corrected chi connectivity index (χ3v) is 3.41. The zero-order chi connectivity index (χ0) is 15.2. The quantitative estimate of drug-likeness (QED) is 0.795. The van der Waals surface area contributed by atoms with Gasteiger partial charge in [0.15, 0.2) is 0 Å². The molecule has 1 N–H and O–H groups in total. The van der Waals surface area contributed by atoms with Crippen LogP contribution in [-0.2, 0) is 4.74 Å². The van der Waals surface area contributed by atoms with Crippen LogP contribution < -0.4 is 4.74 Å². The van der Waals surface area contributed by atoms with Crippen LogP contribution in [-0.4, -0.2) is 51.0 Å². The molecule has 1 atom stereocenters. The summed E-state index contributed by atoms with van der Waals surface area (Å²) in [7, 11) is 5.65. The van der Waals surface area contributed by atoms with Crippen molar-refractivity contribution in [2.24, 2.45) is 0 Å². The van der Waals surface area contributed by atoms with Gasteiger partial charge in [-0.15, -0.1) is 0 Å². The topological polar surface area (TPSA) is 41.9 Å². The van der Waals surface area contributed by atoms with Gasteiger partial charge in [0, 0.05) is 6.54 Å². The van der Waals surface area contributed by atoms with Crippen molar-refractivity contribution in [3.8, 4) is 5.75 Å². The van der Waals surface area contributed by atoms with Crippen molar-refractivity contribution in [2.45, 2.75) is 6.10 Å². The minimum atomic E-state index is -0.598. The van der Waals surface area contributed by atoms with Crippen LogP contribution in [0.15, 0.2) is 36.4 Å². The molecule has 0 aliphatic carbocycles. The predicted octanol–water partition coefficient (Wildman–Crippen LogP) is 2.46. The summed E-state index contributed by atoms with van der Waals surface area (Å²) >= 11 is 0. The van der Waals surface area contributed by atoms with Crippen molar-refractivity contribution in [3.63, 3.8) is 0 Å². The van der Waals surface area contributed by atoms with E-state index in [2.05, 4.69) is 4.90 Å². The highest BCUT2D eigenvalue weighted by molar-refractivity contribution is 5.84. The summed E-state index contributed by atoms with van der Waals surface area (Å²) in [6.07, 6.45) is -0.598. The number of aliphatic hydroxyl groups excluding tert-OH is 1. The van der Waals surface area contributed by atoms with Crippen molar-refractivity contribution in [2.75, 3.05) is 41.0 Å². The second-order valence-electron chi connectivity index (χ2n) is 5.37. The van der Waals surface area contributed by atoms with Crippen LogP contribution >= 0.6 is 0 Å². The molecule has 0 saturated carbocycles. The Morgan fingerprint density at radius 2 is 1.81 bits per heavy atom. The second-order valence-corrected chi connectivity index (χ2v) is 5.37. The van der Waals surface area contributed by atoms with Gasteiger partial charge in [0.25, 0.3) is 0 Å². The summed E-state index contributed by atoms with van der Waals surface area (Å²) in [5, 5.41) is 12.4. The molecule has 0 amide bonds. The molecule has 0 radical (unpaired) electrons. The molecule has 1 unspecified atom stereocenters. The third kappa shape index (κ3) is 4.43. The molecule has 2 aromatic carbocycles. The number of benzene rings is 2. The molecule has 0 fully saturated rings. The van der Waals surface area contributed by atoms with Gasteiger partial charge in [-0.2, -0.15) is 0 Å². The number of hydrogen-bond acceptors (Lipinski definition) is 4. The summed E-state index contributed by atoms with van der Waals surface area (Å²) in [4.78, 5) is 2.05. The van der Waals surface area contributed by atoms with Crippen molar-refractivity contribution in [1.29, 1.82) is 0 Å². The van der Waals surface area contributed by atoms with E-state index in [-0.39, 0.29) is 0 Å². The SMILES string of the molecule is COc1ccc2cc(C(O)COCCN(C)C)ccc2c1. The van der Waals surface area contributed by atoms with E-state index in [1.165, 1.54) is 0 Å². The Kier molecular flexibility index (Phi) is 5.56. The highest BCUT2D eigenvalue weighted by Gasteiger charge is 2.09. The van der Waals surface area contributed by atoms with Crippen molar-refractivity contribution in [3.05, 3.63) is 42.0 Å². The summed E-state index contributed by atoms with van der Waals surface area (Å²) in [6.45, 7) is 1.79. The maximum Gasteiger partial charge on any atom is 0.119 e. The lowest BCUT2D eigenvalue weighted by molar-refractivity contribution is 0.0307. The highest BCUT2D eigenvalue weighted by Crippen LogP contribution is 2.24. The number of ether oxygens (including phenoxy) is 2. The first-order chi connectivity index (χ1) is 10.1. The van der Waals surface area contributed by atoms with Crippen LogP contribution in [0.25, 0.3) is 10.8 Å².